The highest BCUT2D eigenvalue weighted by Crippen LogP contribution is 2.35. The van der Waals surface area contributed by atoms with E-state index in [9.17, 15) is 9.59 Å². The van der Waals surface area contributed by atoms with Crippen molar-refractivity contribution in [1.29, 1.82) is 0 Å². The maximum atomic E-state index is 12.3. The smallest absolute Gasteiger partial charge is 0.253 e. The quantitative estimate of drug-likeness (QED) is 0.765. The molecule has 1 aromatic carbocycles. The second kappa shape index (κ2) is 6.20. The summed E-state index contributed by atoms with van der Waals surface area (Å²) in [4.78, 5) is 28.3. The third-order valence-electron chi connectivity index (χ3n) is 4.97. The van der Waals surface area contributed by atoms with E-state index in [0.717, 1.165) is 18.4 Å². The SMILES string of the molecule is Nc1cncc(C(=O)N[C@@H]2C[C@@H]2CNC(=O)C2Cc3ccccc32)c1. The van der Waals surface area contributed by atoms with Gasteiger partial charge in [0.05, 0.1) is 17.2 Å². The van der Waals surface area contributed by atoms with E-state index in [4.69, 9.17) is 5.73 Å². The van der Waals surface area contributed by atoms with Crippen molar-refractivity contribution in [2.75, 3.05) is 12.3 Å². The molecule has 6 heteroatoms. The highest BCUT2D eigenvalue weighted by molar-refractivity contribution is 5.95. The van der Waals surface area contributed by atoms with E-state index in [1.165, 1.54) is 18.0 Å². The summed E-state index contributed by atoms with van der Waals surface area (Å²) in [6.45, 7) is 0.595. The van der Waals surface area contributed by atoms with Crippen molar-refractivity contribution in [2.24, 2.45) is 5.92 Å². The largest absolute Gasteiger partial charge is 0.397 e. The molecule has 2 aliphatic carbocycles. The molecular formula is C19H20N4O2. The van der Waals surface area contributed by atoms with E-state index >= 15 is 0 Å². The fourth-order valence-corrected chi connectivity index (χ4v) is 3.33. The van der Waals surface area contributed by atoms with Crippen LogP contribution in [0, 0.1) is 5.92 Å². The molecule has 1 fully saturated rings. The highest BCUT2D eigenvalue weighted by atomic mass is 16.2. The molecule has 128 valence electrons. The van der Waals surface area contributed by atoms with Crippen molar-refractivity contribution in [1.82, 2.24) is 15.6 Å². The van der Waals surface area contributed by atoms with Gasteiger partial charge in [0, 0.05) is 25.0 Å². The van der Waals surface area contributed by atoms with Gasteiger partial charge in [-0.2, -0.15) is 0 Å². The average Bonchev–Trinajstić information content (AvgIpc) is 3.32. The number of nitrogens with zero attached hydrogens (tertiary/aromatic N) is 1. The molecule has 0 saturated heterocycles. The number of nitrogens with one attached hydrogen (secondary N) is 2. The van der Waals surface area contributed by atoms with Gasteiger partial charge in [-0.1, -0.05) is 24.3 Å². The number of hydrogen-bond acceptors (Lipinski definition) is 4. The molecule has 2 aliphatic rings. The van der Waals surface area contributed by atoms with Crippen LogP contribution in [0.2, 0.25) is 0 Å². The number of fused-ring (bicyclic) bond motifs is 1. The molecule has 4 rings (SSSR count). The van der Waals surface area contributed by atoms with E-state index in [1.807, 2.05) is 18.2 Å². The Morgan fingerprint density at radius 3 is 2.88 bits per heavy atom. The summed E-state index contributed by atoms with van der Waals surface area (Å²) >= 11 is 0. The number of carbonyl (C=O) groups is 2. The van der Waals surface area contributed by atoms with Crippen LogP contribution in [0.5, 0.6) is 0 Å². The minimum absolute atomic E-state index is 0.0265. The molecule has 1 aromatic heterocycles. The fourth-order valence-electron chi connectivity index (χ4n) is 3.33. The van der Waals surface area contributed by atoms with Gasteiger partial charge in [-0.3, -0.25) is 14.6 Å². The Bertz CT molecular complexity index is 836. The molecule has 2 aromatic rings. The molecule has 0 radical (unpaired) electrons. The summed E-state index contributed by atoms with van der Waals surface area (Å²) in [6.07, 6.45) is 4.70. The maximum Gasteiger partial charge on any atom is 0.253 e. The number of carbonyl (C=O) groups excluding carboxylic acids is 2. The predicted molar refractivity (Wildman–Crippen MR) is 93.9 cm³/mol. The fraction of sp³-hybridized carbons (Fsp3) is 0.316. The zero-order chi connectivity index (χ0) is 17.4. The Morgan fingerprint density at radius 2 is 2.08 bits per heavy atom. The maximum absolute atomic E-state index is 12.3. The zero-order valence-electron chi connectivity index (χ0n) is 13.7. The van der Waals surface area contributed by atoms with E-state index in [2.05, 4.69) is 21.7 Å². The van der Waals surface area contributed by atoms with E-state index in [1.54, 1.807) is 6.07 Å². The van der Waals surface area contributed by atoms with Crippen LogP contribution in [0.1, 0.15) is 33.8 Å². The van der Waals surface area contributed by atoms with Crippen molar-refractivity contribution in [3.8, 4) is 0 Å². The zero-order valence-corrected chi connectivity index (χ0v) is 13.7. The first-order chi connectivity index (χ1) is 12.1. The number of pyridine rings is 1. The minimum Gasteiger partial charge on any atom is -0.397 e. The topological polar surface area (TPSA) is 97.1 Å². The number of rotatable bonds is 5. The molecule has 6 nitrogen and oxygen atoms in total. The van der Waals surface area contributed by atoms with Gasteiger partial charge in [0.25, 0.3) is 5.91 Å². The van der Waals surface area contributed by atoms with Crippen molar-refractivity contribution in [3.05, 3.63) is 59.4 Å². The lowest BCUT2D eigenvalue weighted by molar-refractivity contribution is -0.123. The number of hydrogen-bond donors (Lipinski definition) is 3. The lowest BCUT2D eigenvalue weighted by atomic mass is 9.77. The Morgan fingerprint density at radius 1 is 1.24 bits per heavy atom. The normalized spacial score (nSPS) is 23.1. The molecule has 1 heterocycles. The molecule has 3 atom stereocenters. The van der Waals surface area contributed by atoms with Gasteiger partial charge in [-0.25, -0.2) is 0 Å². The molecular weight excluding hydrogens is 316 g/mol. The van der Waals surface area contributed by atoms with Gasteiger partial charge in [-0.15, -0.1) is 0 Å². The third kappa shape index (κ3) is 3.20. The lowest BCUT2D eigenvalue weighted by Crippen LogP contribution is -2.37. The van der Waals surface area contributed by atoms with Crippen molar-refractivity contribution in [3.63, 3.8) is 0 Å². The van der Waals surface area contributed by atoms with Crippen LogP contribution in [0.4, 0.5) is 5.69 Å². The lowest BCUT2D eigenvalue weighted by Gasteiger charge is -2.28. The van der Waals surface area contributed by atoms with Crippen LogP contribution in [-0.4, -0.2) is 29.4 Å². The average molecular weight is 336 g/mol. The van der Waals surface area contributed by atoms with Gasteiger partial charge in [0.15, 0.2) is 0 Å². The second-order valence-corrected chi connectivity index (χ2v) is 6.78. The molecule has 1 unspecified atom stereocenters. The van der Waals surface area contributed by atoms with Gasteiger partial charge >= 0.3 is 0 Å². The number of benzene rings is 1. The van der Waals surface area contributed by atoms with Crippen molar-refractivity contribution in [2.45, 2.75) is 24.8 Å². The Hall–Kier alpha value is -2.89. The number of nitrogen functional groups attached to an aromatic ring is 1. The Labute approximate surface area is 145 Å². The van der Waals surface area contributed by atoms with E-state index in [0.29, 0.717) is 17.8 Å². The number of amides is 2. The molecule has 0 aliphatic heterocycles. The van der Waals surface area contributed by atoms with Gasteiger partial charge in [0.2, 0.25) is 5.91 Å². The first-order valence-electron chi connectivity index (χ1n) is 8.48. The van der Waals surface area contributed by atoms with Crippen molar-refractivity contribution >= 4 is 17.5 Å². The van der Waals surface area contributed by atoms with Gasteiger partial charge < -0.3 is 16.4 Å². The van der Waals surface area contributed by atoms with Gasteiger partial charge in [-0.05, 0) is 36.0 Å². The second-order valence-electron chi connectivity index (χ2n) is 6.78. The summed E-state index contributed by atoms with van der Waals surface area (Å²) < 4.78 is 0. The molecule has 1 saturated carbocycles. The molecule has 0 bridgehead atoms. The summed E-state index contributed by atoms with van der Waals surface area (Å²) in [5, 5.41) is 5.98. The van der Waals surface area contributed by atoms with Crippen LogP contribution >= 0.6 is 0 Å². The first kappa shape index (κ1) is 15.6. The Balaban J connectivity index is 1.24. The van der Waals surface area contributed by atoms with Crippen LogP contribution in [0.15, 0.2) is 42.7 Å². The number of anilines is 1. The third-order valence-corrected chi connectivity index (χ3v) is 4.97. The number of nitrogens with two attached hydrogens (primary N) is 1. The van der Waals surface area contributed by atoms with Crippen molar-refractivity contribution < 1.29 is 9.59 Å². The molecule has 0 spiro atoms. The summed E-state index contributed by atoms with van der Waals surface area (Å²) in [6, 6.07) is 9.76. The summed E-state index contributed by atoms with van der Waals surface area (Å²) in [7, 11) is 0. The van der Waals surface area contributed by atoms with Gasteiger partial charge in [0.1, 0.15) is 0 Å². The van der Waals surface area contributed by atoms with E-state index < -0.39 is 0 Å². The standard InChI is InChI=1S/C19H20N4O2/c20-14-5-13(8-21-10-14)18(24)23-17-7-12(17)9-22-19(25)16-6-11-3-1-2-4-15(11)16/h1-5,8,10,12,16-17H,6-7,9,20H2,(H,22,25)(H,23,24)/t12-,16?,17-/m1/s1. The predicted octanol–water partition coefficient (Wildman–Crippen LogP) is 1.24. The molecule has 25 heavy (non-hydrogen) atoms. The summed E-state index contributed by atoms with van der Waals surface area (Å²) in [5.74, 6) is 0.167. The van der Waals surface area contributed by atoms with Crippen LogP contribution < -0.4 is 16.4 Å². The van der Waals surface area contributed by atoms with Crippen LogP contribution in [0.25, 0.3) is 0 Å². The monoisotopic (exact) mass is 336 g/mol. The summed E-state index contributed by atoms with van der Waals surface area (Å²) in [5.41, 5.74) is 8.96. The molecule has 4 N–H and O–H groups in total. The minimum atomic E-state index is -0.174. The van der Waals surface area contributed by atoms with Crippen LogP contribution in [-0.2, 0) is 11.2 Å². The van der Waals surface area contributed by atoms with Crippen LogP contribution in [0.3, 0.4) is 0 Å². The van der Waals surface area contributed by atoms with E-state index in [-0.39, 0.29) is 29.7 Å². The number of aromatic nitrogens is 1. The highest BCUT2D eigenvalue weighted by Gasteiger charge is 2.39. The molecule has 2 amide bonds. The first-order valence-corrected chi connectivity index (χ1v) is 8.48. The Kier molecular flexibility index (Phi) is 3.87.